The van der Waals surface area contributed by atoms with Gasteiger partial charge in [-0.3, -0.25) is 0 Å². The van der Waals surface area contributed by atoms with E-state index in [4.69, 9.17) is 5.14 Å². The lowest BCUT2D eigenvalue weighted by molar-refractivity contribution is 0.139. The zero-order valence-corrected chi connectivity index (χ0v) is 11.1. The highest BCUT2D eigenvalue weighted by atomic mass is 32.2. The van der Waals surface area contributed by atoms with E-state index in [0.29, 0.717) is 5.56 Å². The van der Waals surface area contributed by atoms with E-state index in [1.807, 2.05) is 13.8 Å². The zero-order chi connectivity index (χ0) is 13.2. The molecule has 0 amide bonds. The molecule has 1 rings (SSSR count). The molecule has 96 valence electrons. The van der Waals surface area contributed by atoms with Crippen LogP contribution < -0.4 is 5.14 Å². The molecule has 0 aliphatic heterocycles. The van der Waals surface area contributed by atoms with Crippen molar-refractivity contribution in [3.63, 3.8) is 0 Å². The Bertz CT molecular complexity index is 472. The molecule has 2 unspecified atom stereocenters. The van der Waals surface area contributed by atoms with Crippen molar-refractivity contribution >= 4 is 10.0 Å². The molecule has 1 aromatic carbocycles. The molecule has 0 aliphatic rings. The van der Waals surface area contributed by atoms with Gasteiger partial charge in [-0.25, -0.2) is 13.6 Å². The molecule has 0 bridgehead atoms. The van der Waals surface area contributed by atoms with Crippen LogP contribution in [0.15, 0.2) is 29.2 Å². The first-order valence-electron chi connectivity index (χ1n) is 5.55. The van der Waals surface area contributed by atoms with Gasteiger partial charge < -0.3 is 5.11 Å². The highest BCUT2D eigenvalue weighted by molar-refractivity contribution is 7.89. The second-order valence-corrected chi connectivity index (χ2v) is 6.12. The van der Waals surface area contributed by atoms with Crippen molar-refractivity contribution < 1.29 is 13.5 Å². The van der Waals surface area contributed by atoms with Gasteiger partial charge in [0, 0.05) is 5.92 Å². The highest BCUT2D eigenvalue weighted by Crippen LogP contribution is 2.31. The lowest BCUT2D eigenvalue weighted by atomic mass is 9.84. The molecule has 0 radical (unpaired) electrons. The first kappa shape index (κ1) is 14.2. The van der Waals surface area contributed by atoms with Crippen molar-refractivity contribution in [1.82, 2.24) is 0 Å². The normalized spacial score (nSPS) is 15.9. The predicted octanol–water partition coefficient (Wildman–Crippen LogP) is 1.45. The molecular weight excluding hydrogens is 238 g/mol. The number of benzene rings is 1. The Balaban J connectivity index is 3.39. The van der Waals surface area contributed by atoms with Crippen LogP contribution in [0, 0.1) is 5.92 Å². The van der Waals surface area contributed by atoms with Gasteiger partial charge in [0.05, 0.1) is 11.0 Å². The molecule has 0 saturated heterocycles. The Morgan fingerprint density at radius 3 is 2.12 bits per heavy atom. The van der Waals surface area contributed by atoms with Gasteiger partial charge in [0.25, 0.3) is 0 Å². The largest absolute Gasteiger partial charge is 0.393 e. The van der Waals surface area contributed by atoms with E-state index in [2.05, 4.69) is 0 Å². The quantitative estimate of drug-likeness (QED) is 0.856. The molecule has 17 heavy (non-hydrogen) atoms. The topological polar surface area (TPSA) is 80.4 Å². The number of rotatable bonds is 4. The summed E-state index contributed by atoms with van der Waals surface area (Å²) in [6.45, 7) is 5.54. The van der Waals surface area contributed by atoms with Crippen molar-refractivity contribution in [2.45, 2.75) is 37.7 Å². The van der Waals surface area contributed by atoms with E-state index in [0.717, 1.165) is 0 Å². The predicted molar refractivity (Wildman–Crippen MR) is 67.1 cm³/mol. The molecule has 2 atom stereocenters. The summed E-state index contributed by atoms with van der Waals surface area (Å²) in [5.74, 6) is -0.123. The van der Waals surface area contributed by atoms with Crippen LogP contribution in [0.5, 0.6) is 0 Å². The number of hydrogen-bond acceptors (Lipinski definition) is 3. The van der Waals surface area contributed by atoms with Crippen molar-refractivity contribution in [2.24, 2.45) is 11.1 Å². The Morgan fingerprint density at radius 1 is 1.18 bits per heavy atom. The van der Waals surface area contributed by atoms with E-state index >= 15 is 0 Å². The Morgan fingerprint density at radius 2 is 1.71 bits per heavy atom. The fourth-order valence-corrected chi connectivity index (χ4v) is 2.99. The number of aliphatic hydroxyl groups excluding tert-OH is 1. The van der Waals surface area contributed by atoms with Crippen LogP contribution in [0.4, 0.5) is 0 Å². The molecule has 4 nitrogen and oxygen atoms in total. The Labute approximate surface area is 103 Å². The zero-order valence-electron chi connectivity index (χ0n) is 10.3. The molecular formula is C12H19NO3S. The fourth-order valence-electron chi connectivity index (χ4n) is 2.19. The monoisotopic (exact) mass is 257 g/mol. The summed E-state index contributed by atoms with van der Waals surface area (Å²) in [7, 11) is -3.76. The molecule has 5 heteroatoms. The maximum atomic E-state index is 11.5. The van der Waals surface area contributed by atoms with E-state index in [9.17, 15) is 13.5 Å². The Hall–Kier alpha value is -0.910. The first-order chi connectivity index (χ1) is 7.75. The van der Waals surface area contributed by atoms with E-state index in [1.54, 1.807) is 25.1 Å². The van der Waals surface area contributed by atoms with Gasteiger partial charge in [-0.05, 0) is 24.5 Å². The van der Waals surface area contributed by atoms with Gasteiger partial charge in [0.2, 0.25) is 10.0 Å². The summed E-state index contributed by atoms with van der Waals surface area (Å²) in [5.41, 5.74) is 0.583. The minimum Gasteiger partial charge on any atom is -0.393 e. The maximum absolute atomic E-state index is 11.5. The number of primary sulfonamides is 1. The van der Waals surface area contributed by atoms with E-state index in [1.165, 1.54) is 6.07 Å². The van der Waals surface area contributed by atoms with Gasteiger partial charge in [-0.15, -0.1) is 0 Å². The van der Waals surface area contributed by atoms with Gasteiger partial charge in [0.15, 0.2) is 0 Å². The standard InChI is InChI=1S/C12H19NO3S/c1-8(2)12(9(3)14)10-6-4-5-7-11(10)17(13,15)16/h4-9,12,14H,1-3H3,(H2,13,15,16). The van der Waals surface area contributed by atoms with Crippen LogP contribution in [-0.4, -0.2) is 19.6 Å². The number of hydrogen-bond donors (Lipinski definition) is 2. The summed E-state index contributed by atoms with van der Waals surface area (Å²) in [5, 5.41) is 15.0. The lowest BCUT2D eigenvalue weighted by Gasteiger charge is -2.25. The number of nitrogens with two attached hydrogens (primary N) is 1. The first-order valence-corrected chi connectivity index (χ1v) is 7.09. The lowest BCUT2D eigenvalue weighted by Crippen LogP contribution is -2.24. The van der Waals surface area contributed by atoms with Crippen LogP contribution in [0.1, 0.15) is 32.3 Å². The molecule has 3 N–H and O–H groups in total. The second kappa shape index (κ2) is 5.16. The molecule has 0 spiro atoms. The molecule has 0 aromatic heterocycles. The number of sulfonamides is 1. The maximum Gasteiger partial charge on any atom is 0.238 e. The van der Waals surface area contributed by atoms with Crippen LogP contribution in [-0.2, 0) is 10.0 Å². The summed E-state index contributed by atoms with van der Waals surface area (Å²) in [6.07, 6.45) is -0.627. The third-order valence-corrected chi connectivity index (χ3v) is 3.81. The molecule has 0 heterocycles. The summed E-state index contributed by atoms with van der Waals surface area (Å²) >= 11 is 0. The van der Waals surface area contributed by atoms with Gasteiger partial charge in [-0.1, -0.05) is 32.0 Å². The van der Waals surface area contributed by atoms with Gasteiger partial charge in [-0.2, -0.15) is 0 Å². The third-order valence-electron chi connectivity index (χ3n) is 2.82. The minimum atomic E-state index is -3.76. The van der Waals surface area contributed by atoms with Crippen LogP contribution >= 0.6 is 0 Å². The van der Waals surface area contributed by atoms with Gasteiger partial charge >= 0.3 is 0 Å². The summed E-state index contributed by atoms with van der Waals surface area (Å²) in [4.78, 5) is 0.0969. The summed E-state index contributed by atoms with van der Waals surface area (Å²) < 4.78 is 23.0. The minimum absolute atomic E-state index is 0.0969. The average molecular weight is 257 g/mol. The third kappa shape index (κ3) is 3.28. The van der Waals surface area contributed by atoms with Crippen molar-refractivity contribution in [1.29, 1.82) is 0 Å². The van der Waals surface area contributed by atoms with Crippen LogP contribution in [0.25, 0.3) is 0 Å². The summed E-state index contributed by atoms with van der Waals surface area (Å²) in [6, 6.07) is 6.56. The van der Waals surface area contributed by atoms with Gasteiger partial charge in [0.1, 0.15) is 0 Å². The molecule has 0 saturated carbocycles. The van der Waals surface area contributed by atoms with E-state index < -0.39 is 16.1 Å². The molecule has 0 fully saturated rings. The highest BCUT2D eigenvalue weighted by Gasteiger charge is 2.26. The van der Waals surface area contributed by atoms with Crippen molar-refractivity contribution in [2.75, 3.05) is 0 Å². The Kier molecular flexibility index (Phi) is 4.30. The number of aliphatic hydroxyl groups is 1. The van der Waals surface area contributed by atoms with Crippen LogP contribution in [0.2, 0.25) is 0 Å². The van der Waals surface area contributed by atoms with Crippen molar-refractivity contribution in [3.8, 4) is 0 Å². The molecule has 1 aromatic rings. The van der Waals surface area contributed by atoms with E-state index in [-0.39, 0.29) is 16.7 Å². The fraction of sp³-hybridized carbons (Fsp3) is 0.500. The van der Waals surface area contributed by atoms with Crippen LogP contribution in [0.3, 0.4) is 0 Å². The smallest absolute Gasteiger partial charge is 0.238 e. The van der Waals surface area contributed by atoms with Crippen molar-refractivity contribution in [3.05, 3.63) is 29.8 Å². The average Bonchev–Trinajstić information content (AvgIpc) is 2.15. The molecule has 0 aliphatic carbocycles. The second-order valence-electron chi connectivity index (χ2n) is 4.59. The SMILES string of the molecule is CC(C)C(c1ccccc1S(N)(=O)=O)C(C)O.